The molecule has 1 N–H and O–H groups in total. The van der Waals surface area contributed by atoms with Crippen LogP contribution in [0.2, 0.25) is 0 Å². The van der Waals surface area contributed by atoms with Crippen molar-refractivity contribution >= 4 is 5.78 Å². The fourth-order valence-corrected chi connectivity index (χ4v) is 1.05. The van der Waals surface area contributed by atoms with Crippen LogP contribution in [0.1, 0.15) is 27.7 Å². The molecule has 0 heterocycles. The summed E-state index contributed by atoms with van der Waals surface area (Å²) >= 11 is 0. The molecule has 0 aliphatic rings. The van der Waals surface area contributed by atoms with Gasteiger partial charge in [-0.1, -0.05) is 6.92 Å². The molecule has 0 unspecified atom stereocenters. The van der Waals surface area contributed by atoms with E-state index in [1.807, 2.05) is 20.8 Å². The fraction of sp³-hybridized carbons (Fsp3) is 0.909. The summed E-state index contributed by atoms with van der Waals surface area (Å²) in [6.45, 7) is 7.79. The number of methoxy groups -OCH3 is 1. The first-order valence-corrected chi connectivity index (χ1v) is 5.47. The second kappa shape index (κ2) is 8.64. The Balaban J connectivity index is 4.04. The van der Waals surface area contributed by atoms with Gasteiger partial charge in [-0.25, -0.2) is 0 Å². The van der Waals surface area contributed by atoms with Gasteiger partial charge in [-0.05, 0) is 20.8 Å². The van der Waals surface area contributed by atoms with E-state index in [0.29, 0.717) is 6.61 Å². The van der Waals surface area contributed by atoms with Gasteiger partial charge >= 0.3 is 0 Å². The molecule has 5 nitrogen and oxygen atoms in total. The third-order valence-electron chi connectivity index (χ3n) is 2.17. The van der Waals surface area contributed by atoms with E-state index in [-0.39, 0.29) is 30.6 Å². The summed E-state index contributed by atoms with van der Waals surface area (Å²) in [5.41, 5.74) is 2.81. The summed E-state index contributed by atoms with van der Waals surface area (Å²) in [7, 11) is 1.54. The normalized spacial score (nSPS) is 15.1. The molecule has 2 atom stereocenters. The Morgan fingerprint density at radius 2 is 1.94 bits per heavy atom. The average molecular weight is 233 g/mol. The van der Waals surface area contributed by atoms with Gasteiger partial charge in [0.1, 0.15) is 12.6 Å². The molecule has 0 saturated heterocycles. The van der Waals surface area contributed by atoms with Crippen LogP contribution in [0.3, 0.4) is 0 Å². The van der Waals surface area contributed by atoms with E-state index in [9.17, 15) is 4.79 Å². The molecule has 96 valence electrons. The largest absolute Gasteiger partial charge is 0.359 e. The van der Waals surface area contributed by atoms with E-state index >= 15 is 0 Å². The summed E-state index contributed by atoms with van der Waals surface area (Å²) in [5, 5.41) is 0. The van der Waals surface area contributed by atoms with Crippen molar-refractivity contribution in [2.24, 2.45) is 5.92 Å². The number of ether oxygens (including phenoxy) is 2. The molecule has 0 aliphatic carbocycles. The summed E-state index contributed by atoms with van der Waals surface area (Å²) in [4.78, 5) is 16.5. The Bertz CT molecular complexity index is 196. The Morgan fingerprint density at radius 1 is 1.31 bits per heavy atom. The first-order valence-electron chi connectivity index (χ1n) is 5.47. The number of carbonyl (C=O) groups excluding carboxylic acids is 1. The second-order valence-electron chi connectivity index (χ2n) is 4.09. The first-order chi connectivity index (χ1) is 7.49. The minimum Gasteiger partial charge on any atom is -0.359 e. The number of carbonyl (C=O) groups is 1. The molecule has 0 rings (SSSR count). The Hall–Kier alpha value is -0.490. The highest BCUT2D eigenvalue weighted by Crippen LogP contribution is 2.09. The highest BCUT2D eigenvalue weighted by molar-refractivity contribution is 5.78. The van der Waals surface area contributed by atoms with Crippen LogP contribution in [0.5, 0.6) is 0 Å². The van der Waals surface area contributed by atoms with Gasteiger partial charge in [-0.15, -0.1) is 0 Å². The standard InChI is InChI=1S/C11H23NO4/c1-8(2)12-16-6-11(15-7-14-5)9(3)10(4)13/h8-9,11-12H,6-7H2,1-5H3/t9-,11-/m0/s1. The molecule has 5 heteroatoms. The summed E-state index contributed by atoms with van der Waals surface area (Å²) in [6, 6.07) is 0.232. The molecule has 0 spiro atoms. The van der Waals surface area contributed by atoms with Gasteiger partial charge in [0.25, 0.3) is 0 Å². The van der Waals surface area contributed by atoms with Gasteiger partial charge in [-0.3, -0.25) is 9.63 Å². The molecule has 0 fully saturated rings. The molecule has 0 aromatic rings. The lowest BCUT2D eigenvalue weighted by Gasteiger charge is -2.22. The highest BCUT2D eigenvalue weighted by atomic mass is 16.7. The van der Waals surface area contributed by atoms with E-state index in [0.717, 1.165) is 0 Å². The predicted octanol–water partition coefficient (Wildman–Crippen LogP) is 1.13. The molecule has 0 radical (unpaired) electrons. The number of rotatable bonds is 9. The molecule has 0 bridgehead atoms. The maximum absolute atomic E-state index is 11.2. The topological polar surface area (TPSA) is 56.8 Å². The fourth-order valence-electron chi connectivity index (χ4n) is 1.05. The minimum atomic E-state index is -0.288. The second-order valence-corrected chi connectivity index (χ2v) is 4.09. The molecular weight excluding hydrogens is 210 g/mol. The number of nitrogens with one attached hydrogen (secondary N) is 1. The number of Topliss-reactive ketones (excluding diaryl/α,β-unsaturated/α-hetero) is 1. The molecule has 0 aromatic carbocycles. The number of hydrogen-bond donors (Lipinski definition) is 1. The lowest BCUT2D eigenvalue weighted by Crippen LogP contribution is -2.36. The van der Waals surface area contributed by atoms with Crippen molar-refractivity contribution in [2.75, 3.05) is 20.5 Å². The third kappa shape index (κ3) is 6.90. The van der Waals surface area contributed by atoms with Crippen molar-refractivity contribution in [3.63, 3.8) is 0 Å². The Labute approximate surface area is 97.4 Å². The SMILES string of the molecule is COCO[C@@H](CONC(C)C)[C@@H](C)C(C)=O. The van der Waals surface area contributed by atoms with Crippen LogP contribution >= 0.6 is 0 Å². The monoisotopic (exact) mass is 233 g/mol. The van der Waals surface area contributed by atoms with Crippen molar-refractivity contribution in [2.45, 2.75) is 39.8 Å². The lowest BCUT2D eigenvalue weighted by molar-refractivity contribution is -0.145. The van der Waals surface area contributed by atoms with Crippen molar-refractivity contribution in [3.8, 4) is 0 Å². The van der Waals surface area contributed by atoms with Crippen molar-refractivity contribution in [1.82, 2.24) is 5.48 Å². The molecular formula is C11H23NO4. The van der Waals surface area contributed by atoms with Gasteiger partial charge in [0, 0.05) is 19.1 Å². The van der Waals surface area contributed by atoms with Crippen LogP contribution < -0.4 is 5.48 Å². The van der Waals surface area contributed by atoms with Gasteiger partial charge in [0.05, 0.1) is 12.7 Å². The highest BCUT2D eigenvalue weighted by Gasteiger charge is 2.22. The maximum atomic E-state index is 11.2. The molecule has 0 aromatic heterocycles. The van der Waals surface area contributed by atoms with Gasteiger partial charge < -0.3 is 9.47 Å². The van der Waals surface area contributed by atoms with Gasteiger partial charge in [-0.2, -0.15) is 5.48 Å². The van der Waals surface area contributed by atoms with Crippen molar-refractivity contribution in [1.29, 1.82) is 0 Å². The maximum Gasteiger partial charge on any atom is 0.146 e. The van der Waals surface area contributed by atoms with E-state index in [4.69, 9.17) is 14.3 Å². The van der Waals surface area contributed by atoms with Gasteiger partial charge in [0.15, 0.2) is 0 Å². The molecule has 0 saturated carbocycles. The zero-order valence-corrected chi connectivity index (χ0v) is 10.8. The zero-order valence-electron chi connectivity index (χ0n) is 10.8. The predicted molar refractivity (Wildman–Crippen MR) is 60.8 cm³/mol. The van der Waals surface area contributed by atoms with Crippen LogP contribution in [0.25, 0.3) is 0 Å². The Morgan fingerprint density at radius 3 is 2.38 bits per heavy atom. The smallest absolute Gasteiger partial charge is 0.146 e. The minimum absolute atomic E-state index is 0.0780. The molecule has 16 heavy (non-hydrogen) atoms. The zero-order chi connectivity index (χ0) is 12.6. The van der Waals surface area contributed by atoms with Gasteiger partial charge in [0.2, 0.25) is 0 Å². The summed E-state index contributed by atoms with van der Waals surface area (Å²) in [5.74, 6) is -0.127. The van der Waals surface area contributed by atoms with Crippen LogP contribution in [0.4, 0.5) is 0 Å². The van der Waals surface area contributed by atoms with E-state index in [1.54, 1.807) is 14.0 Å². The van der Waals surface area contributed by atoms with Crippen LogP contribution in [0, 0.1) is 5.92 Å². The van der Waals surface area contributed by atoms with E-state index in [2.05, 4.69) is 5.48 Å². The summed E-state index contributed by atoms with van der Waals surface area (Å²) < 4.78 is 10.2. The first kappa shape index (κ1) is 15.5. The van der Waals surface area contributed by atoms with Crippen molar-refractivity contribution < 1.29 is 19.1 Å². The number of hydrogen-bond acceptors (Lipinski definition) is 5. The quantitative estimate of drug-likeness (QED) is 0.478. The van der Waals surface area contributed by atoms with E-state index in [1.165, 1.54) is 0 Å². The van der Waals surface area contributed by atoms with Crippen LogP contribution in [-0.4, -0.2) is 38.4 Å². The third-order valence-corrected chi connectivity index (χ3v) is 2.17. The number of ketones is 1. The van der Waals surface area contributed by atoms with E-state index < -0.39 is 0 Å². The van der Waals surface area contributed by atoms with Crippen LogP contribution in [-0.2, 0) is 19.1 Å². The molecule has 0 aliphatic heterocycles. The van der Waals surface area contributed by atoms with Crippen LogP contribution in [0.15, 0.2) is 0 Å². The lowest BCUT2D eigenvalue weighted by atomic mass is 10.0. The average Bonchev–Trinajstić information content (AvgIpc) is 2.21. The Kier molecular flexibility index (Phi) is 8.37. The van der Waals surface area contributed by atoms with Crippen molar-refractivity contribution in [3.05, 3.63) is 0 Å². The molecule has 0 amide bonds. The summed E-state index contributed by atoms with van der Waals surface area (Å²) in [6.07, 6.45) is -0.288. The number of hydroxylamine groups is 1.